The van der Waals surface area contributed by atoms with Crippen LogP contribution in [0.2, 0.25) is 0 Å². The fourth-order valence-electron chi connectivity index (χ4n) is 2.87. The van der Waals surface area contributed by atoms with Gasteiger partial charge in [0.15, 0.2) is 0 Å². The number of carbonyl (C=O) groups excluding carboxylic acids is 1. The predicted octanol–water partition coefficient (Wildman–Crippen LogP) is 2.31. The minimum absolute atomic E-state index is 0.0681. The molecule has 5 nitrogen and oxygen atoms in total. The maximum absolute atomic E-state index is 12.1. The molecule has 1 saturated heterocycles. The summed E-state index contributed by atoms with van der Waals surface area (Å²) in [4.78, 5) is 22.3. The predicted molar refractivity (Wildman–Crippen MR) is 84.3 cm³/mol. The maximum atomic E-state index is 12.1. The Labute approximate surface area is 124 Å². The van der Waals surface area contributed by atoms with E-state index in [1.807, 2.05) is 24.3 Å². The number of anilines is 1. The van der Waals surface area contributed by atoms with Crippen molar-refractivity contribution in [3.8, 4) is 0 Å². The summed E-state index contributed by atoms with van der Waals surface area (Å²) >= 11 is 0. The number of piperidine rings is 1. The molecule has 1 amide bonds. The van der Waals surface area contributed by atoms with E-state index >= 15 is 0 Å². The van der Waals surface area contributed by atoms with E-state index in [2.05, 4.69) is 27.1 Å². The fraction of sp³-hybridized carbons (Fsp3) is 0.500. The monoisotopic (exact) mass is 286 g/mol. The van der Waals surface area contributed by atoms with Gasteiger partial charge < -0.3 is 15.2 Å². The van der Waals surface area contributed by atoms with Crippen LogP contribution in [0.25, 0.3) is 11.0 Å². The molecule has 0 unspecified atom stereocenters. The van der Waals surface area contributed by atoms with E-state index in [1.54, 1.807) is 0 Å². The van der Waals surface area contributed by atoms with E-state index in [9.17, 15) is 4.79 Å². The molecular weight excluding hydrogens is 264 g/mol. The Morgan fingerprint density at radius 1 is 1.48 bits per heavy atom. The van der Waals surface area contributed by atoms with Crippen LogP contribution in [0, 0.1) is 5.92 Å². The minimum atomic E-state index is 0.0681. The second-order valence-corrected chi connectivity index (χ2v) is 5.65. The summed E-state index contributed by atoms with van der Waals surface area (Å²) in [5.41, 5.74) is 2.02. The molecule has 1 atom stereocenters. The van der Waals surface area contributed by atoms with E-state index in [0.717, 1.165) is 55.9 Å². The van der Waals surface area contributed by atoms with Gasteiger partial charge >= 0.3 is 0 Å². The average Bonchev–Trinajstić information content (AvgIpc) is 2.97. The van der Waals surface area contributed by atoms with Crippen molar-refractivity contribution < 1.29 is 4.79 Å². The normalized spacial score (nSPS) is 18.9. The van der Waals surface area contributed by atoms with Crippen LogP contribution in [0.4, 0.5) is 5.95 Å². The first kappa shape index (κ1) is 13.9. The molecule has 21 heavy (non-hydrogen) atoms. The number of aromatic amines is 1. The number of hydrogen-bond donors (Lipinski definition) is 2. The zero-order valence-corrected chi connectivity index (χ0v) is 12.4. The Morgan fingerprint density at radius 3 is 3.14 bits per heavy atom. The van der Waals surface area contributed by atoms with Crippen LogP contribution in [0.5, 0.6) is 0 Å². The lowest BCUT2D eigenvalue weighted by Crippen LogP contribution is -2.43. The number of amides is 1. The second-order valence-electron chi connectivity index (χ2n) is 5.65. The summed E-state index contributed by atoms with van der Waals surface area (Å²) in [7, 11) is 0. The third-order valence-electron chi connectivity index (χ3n) is 4.02. The fourth-order valence-corrected chi connectivity index (χ4v) is 2.87. The topological polar surface area (TPSA) is 61.0 Å². The molecule has 0 spiro atoms. The third-order valence-corrected chi connectivity index (χ3v) is 4.02. The Hall–Kier alpha value is -2.04. The van der Waals surface area contributed by atoms with Crippen LogP contribution in [-0.2, 0) is 4.79 Å². The largest absolute Gasteiger partial charge is 0.356 e. The van der Waals surface area contributed by atoms with Gasteiger partial charge in [0.2, 0.25) is 11.9 Å². The van der Waals surface area contributed by atoms with Gasteiger partial charge in [-0.25, -0.2) is 4.98 Å². The molecule has 1 aromatic heterocycles. The van der Waals surface area contributed by atoms with Crippen molar-refractivity contribution in [3.05, 3.63) is 24.3 Å². The number of rotatable bonds is 4. The third kappa shape index (κ3) is 3.01. The molecule has 0 saturated carbocycles. The van der Waals surface area contributed by atoms with Crippen LogP contribution in [0.15, 0.2) is 24.3 Å². The number of hydrogen-bond acceptors (Lipinski definition) is 3. The highest BCUT2D eigenvalue weighted by Gasteiger charge is 2.26. The summed E-state index contributed by atoms with van der Waals surface area (Å²) in [6, 6.07) is 8.03. The zero-order valence-electron chi connectivity index (χ0n) is 12.4. The first-order valence-electron chi connectivity index (χ1n) is 7.75. The van der Waals surface area contributed by atoms with E-state index in [-0.39, 0.29) is 11.8 Å². The summed E-state index contributed by atoms with van der Waals surface area (Å²) in [6.45, 7) is 4.54. The summed E-state index contributed by atoms with van der Waals surface area (Å²) in [5, 5.41) is 3.00. The molecule has 2 heterocycles. The Bertz CT molecular complexity index is 589. The highest BCUT2D eigenvalue weighted by molar-refractivity contribution is 5.80. The molecule has 0 radical (unpaired) electrons. The van der Waals surface area contributed by atoms with Crippen LogP contribution in [-0.4, -0.2) is 35.5 Å². The number of H-pyrrole nitrogens is 1. The maximum Gasteiger partial charge on any atom is 0.224 e. The van der Waals surface area contributed by atoms with Crippen molar-refractivity contribution >= 4 is 22.9 Å². The van der Waals surface area contributed by atoms with Gasteiger partial charge in [-0.05, 0) is 31.4 Å². The number of nitrogens with zero attached hydrogens (tertiary/aromatic N) is 2. The quantitative estimate of drug-likeness (QED) is 0.906. The molecule has 0 aliphatic carbocycles. The first-order chi connectivity index (χ1) is 10.3. The van der Waals surface area contributed by atoms with E-state index in [1.165, 1.54) is 0 Å². The molecule has 1 fully saturated rings. The van der Waals surface area contributed by atoms with Gasteiger partial charge in [0.05, 0.1) is 17.0 Å². The number of aromatic nitrogens is 2. The number of imidazole rings is 1. The minimum Gasteiger partial charge on any atom is -0.356 e. The van der Waals surface area contributed by atoms with Crippen molar-refractivity contribution in [2.45, 2.75) is 26.2 Å². The van der Waals surface area contributed by atoms with Gasteiger partial charge in [-0.3, -0.25) is 4.79 Å². The summed E-state index contributed by atoms with van der Waals surface area (Å²) in [6.07, 6.45) is 2.97. The average molecular weight is 286 g/mol. The van der Waals surface area contributed by atoms with Gasteiger partial charge in [0, 0.05) is 19.6 Å². The van der Waals surface area contributed by atoms with Crippen molar-refractivity contribution in [2.75, 3.05) is 24.5 Å². The molecular formula is C16H22N4O. The van der Waals surface area contributed by atoms with Gasteiger partial charge in [-0.2, -0.15) is 0 Å². The van der Waals surface area contributed by atoms with E-state index < -0.39 is 0 Å². The molecule has 1 aromatic carbocycles. The molecule has 0 bridgehead atoms. The Balaban J connectivity index is 1.72. The van der Waals surface area contributed by atoms with Crippen molar-refractivity contribution in [1.29, 1.82) is 0 Å². The summed E-state index contributed by atoms with van der Waals surface area (Å²) in [5.74, 6) is 1.13. The van der Waals surface area contributed by atoms with Crippen LogP contribution < -0.4 is 10.2 Å². The van der Waals surface area contributed by atoms with Gasteiger partial charge in [0.25, 0.3) is 0 Å². The van der Waals surface area contributed by atoms with Crippen molar-refractivity contribution in [1.82, 2.24) is 15.3 Å². The molecule has 2 N–H and O–H groups in total. The molecule has 1 aliphatic rings. The van der Waals surface area contributed by atoms with Gasteiger partial charge in [-0.15, -0.1) is 0 Å². The molecule has 3 rings (SSSR count). The van der Waals surface area contributed by atoms with Gasteiger partial charge in [0.1, 0.15) is 0 Å². The van der Waals surface area contributed by atoms with Crippen LogP contribution >= 0.6 is 0 Å². The summed E-state index contributed by atoms with van der Waals surface area (Å²) < 4.78 is 0. The number of fused-ring (bicyclic) bond motifs is 1. The number of carbonyl (C=O) groups is 1. The number of benzene rings is 1. The smallest absolute Gasteiger partial charge is 0.224 e. The van der Waals surface area contributed by atoms with Crippen LogP contribution in [0.1, 0.15) is 26.2 Å². The molecule has 1 aliphatic heterocycles. The van der Waals surface area contributed by atoms with Crippen LogP contribution in [0.3, 0.4) is 0 Å². The lowest BCUT2D eigenvalue weighted by atomic mass is 9.97. The molecule has 5 heteroatoms. The SMILES string of the molecule is CCCNC(=O)[C@@H]1CCCN(c2nc3ccccc3[nH]2)C1. The van der Waals surface area contributed by atoms with E-state index in [0.29, 0.717) is 0 Å². The lowest BCUT2D eigenvalue weighted by Gasteiger charge is -2.31. The highest BCUT2D eigenvalue weighted by atomic mass is 16.1. The van der Waals surface area contributed by atoms with Crippen molar-refractivity contribution in [3.63, 3.8) is 0 Å². The molecule has 112 valence electrons. The second kappa shape index (κ2) is 6.16. The standard InChI is InChI=1S/C16H22N4O/c1-2-9-17-15(21)12-6-5-10-20(11-12)16-18-13-7-3-4-8-14(13)19-16/h3-4,7-8,12H,2,5-6,9-11H2,1H3,(H,17,21)(H,18,19)/t12-/m1/s1. The molecule has 2 aromatic rings. The highest BCUT2D eigenvalue weighted by Crippen LogP contribution is 2.23. The van der Waals surface area contributed by atoms with Crippen molar-refractivity contribution in [2.24, 2.45) is 5.92 Å². The Morgan fingerprint density at radius 2 is 2.33 bits per heavy atom. The lowest BCUT2D eigenvalue weighted by molar-refractivity contribution is -0.125. The zero-order chi connectivity index (χ0) is 14.7. The first-order valence-corrected chi connectivity index (χ1v) is 7.75. The number of nitrogens with one attached hydrogen (secondary N) is 2. The van der Waals surface area contributed by atoms with E-state index in [4.69, 9.17) is 0 Å². The van der Waals surface area contributed by atoms with Gasteiger partial charge in [-0.1, -0.05) is 19.1 Å². The number of para-hydroxylation sites is 2. The Kier molecular flexibility index (Phi) is 4.08.